The minimum atomic E-state index is -4.48. The van der Waals surface area contributed by atoms with Crippen LogP contribution in [-0.2, 0) is 11.3 Å². The molecule has 2 N–H and O–H groups in total. The van der Waals surface area contributed by atoms with Crippen LogP contribution in [0, 0.1) is 0 Å². The van der Waals surface area contributed by atoms with Gasteiger partial charge in [-0.3, -0.25) is 5.32 Å². The molecule has 0 aliphatic carbocycles. The molecule has 6 nitrogen and oxygen atoms in total. The standard InChI is InChI=1S/C14H12F3N3O3/c15-14(16,17)8-23-7-11-10(20-13(21)22)6-18-12(19-11)9-4-2-1-3-5-9/h1-6,20H,7-8H2,(H,21,22). The number of ether oxygens (including phenoxy) is 1. The molecule has 122 valence electrons. The minimum Gasteiger partial charge on any atom is -0.465 e. The summed E-state index contributed by atoms with van der Waals surface area (Å²) < 4.78 is 41.0. The number of carboxylic acid groups (broad SMARTS) is 1. The number of amides is 1. The molecule has 0 aliphatic heterocycles. The molecule has 1 amide bonds. The van der Waals surface area contributed by atoms with E-state index in [0.717, 1.165) is 0 Å². The smallest absolute Gasteiger partial charge is 0.411 e. The molecule has 2 aromatic rings. The second kappa shape index (κ2) is 7.05. The number of hydrogen-bond acceptors (Lipinski definition) is 4. The van der Waals surface area contributed by atoms with Gasteiger partial charge in [-0.05, 0) is 0 Å². The van der Waals surface area contributed by atoms with Crippen LogP contribution in [0.25, 0.3) is 11.4 Å². The van der Waals surface area contributed by atoms with Crippen LogP contribution in [0.1, 0.15) is 5.69 Å². The van der Waals surface area contributed by atoms with E-state index in [1.54, 1.807) is 30.3 Å². The van der Waals surface area contributed by atoms with Gasteiger partial charge in [-0.1, -0.05) is 30.3 Å². The number of hydrogen-bond donors (Lipinski definition) is 2. The van der Waals surface area contributed by atoms with Crippen LogP contribution in [0.2, 0.25) is 0 Å². The van der Waals surface area contributed by atoms with Gasteiger partial charge in [0.15, 0.2) is 5.82 Å². The van der Waals surface area contributed by atoms with Crippen LogP contribution in [0.4, 0.5) is 23.7 Å². The van der Waals surface area contributed by atoms with Crippen molar-refractivity contribution in [2.24, 2.45) is 0 Å². The molecule has 9 heteroatoms. The molecule has 0 atom stereocenters. The fraction of sp³-hybridized carbons (Fsp3) is 0.214. The highest BCUT2D eigenvalue weighted by Gasteiger charge is 2.27. The zero-order chi connectivity index (χ0) is 16.9. The topological polar surface area (TPSA) is 84.3 Å². The van der Waals surface area contributed by atoms with E-state index in [2.05, 4.69) is 14.7 Å². The van der Waals surface area contributed by atoms with Crippen LogP contribution in [0.15, 0.2) is 36.5 Å². The average molecular weight is 327 g/mol. The van der Waals surface area contributed by atoms with Gasteiger partial charge in [-0.15, -0.1) is 0 Å². The fourth-order valence-corrected chi connectivity index (χ4v) is 1.74. The lowest BCUT2D eigenvalue weighted by molar-refractivity contribution is -0.176. The summed E-state index contributed by atoms with van der Waals surface area (Å²) in [7, 11) is 0. The van der Waals surface area contributed by atoms with Crippen LogP contribution in [-0.4, -0.2) is 34.0 Å². The Kier molecular flexibility index (Phi) is 5.12. The zero-order valence-electron chi connectivity index (χ0n) is 11.7. The third kappa shape index (κ3) is 5.22. The number of nitrogens with one attached hydrogen (secondary N) is 1. The molecule has 0 unspecified atom stereocenters. The number of anilines is 1. The first-order valence-electron chi connectivity index (χ1n) is 6.41. The Hall–Kier alpha value is -2.68. The third-order valence-electron chi connectivity index (χ3n) is 2.65. The number of aromatic nitrogens is 2. The fourth-order valence-electron chi connectivity index (χ4n) is 1.74. The summed E-state index contributed by atoms with van der Waals surface area (Å²) in [6.07, 6.45) is -4.66. The molecule has 0 radical (unpaired) electrons. The lowest BCUT2D eigenvalue weighted by atomic mass is 10.2. The van der Waals surface area contributed by atoms with E-state index in [9.17, 15) is 18.0 Å². The maximum Gasteiger partial charge on any atom is 0.411 e. The molecular formula is C14H12F3N3O3. The lowest BCUT2D eigenvalue weighted by Crippen LogP contribution is -2.18. The van der Waals surface area contributed by atoms with Crippen molar-refractivity contribution >= 4 is 11.8 Å². The number of halogens is 3. The first-order valence-corrected chi connectivity index (χ1v) is 6.41. The molecule has 0 spiro atoms. The number of nitrogens with zero attached hydrogens (tertiary/aromatic N) is 2. The molecule has 1 heterocycles. The molecular weight excluding hydrogens is 315 g/mol. The van der Waals surface area contributed by atoms with E-state index in [4.69, 9.17) is 5.11 Å². The van der Waals surface area contributed by atoms with Gasteiger partial charge < -0.3 is 9.84 Å². The monoisotopic (exact) mass is 327 g/mol. The summed E-state index contributed by atoms with van der Waals surface area (Å²) >= 11 is 0. The highest BCUT2D eigenvalue weighted by Crippen LogP contribution is 2.21. The molecule has 2 rings (SSSR count). The van der Waals surface area contributed by atoms with Crippen molar-refractivity contribution in [2.75, 3.05) is 11.9 Å². The molecule has 0 saturated heterocycles. The van der Waals surface area contributed by atoms with Crippen molar-refractivity contribution in [1.82, 2.24) is 9.97 Å². The van der Waals surface area contributed by atoms with Crippen LogP contribution >= 0.6 is 0 Å². The first-order chi connectivity index (χ1) is 10.8. The van der Waals surface area contributed by atoms with Gasteiger partial charge in [0.25, 0.3) is 0 Å². The summed E-state index contributed by atoms with van der Waals surface area (Å²) in [4.78, 5) is 18.8. The molecule has 1 aromatic heterocycles. The van der Waals surface area contributed by atoms with E-state index in [1.807, 2.05) is 5.32 Å². The predicted octanol–water partition coefficient (Wildman–Crippen LogP) is 3.31. The average Bonchev–Trinajstić information content (AvgIpc) is 2.48. The summed E-state index contributed by atoms with van der Waals surface area (Å²) in [6.45, 7) is -1.96. The van der Waals surface area contributed by atoms with Gasteiger partial charge in [-0.2, -0.15) is 13.2 Å². The Balaban J connectivity index is 2.25. The number of rotatable bonds is 5. The molecule has 0 aliphatic rings. The molecule has 0 bridgehead atoms. The van der Waals surface area contributed by atoms with E-state index in [0.29, 0.717) is 5.56 Å². The Bertz CT molecular complexity index is 678. The van der Waals surface area contributed by atoms with Crippen molar-refractivity contribution < 1.29 is 27.8 Å². The summed E-state index contributed by atoms with van der Waals surface area (Å²) in [5.74, 6) is 0.257. The Morgan fingerprint density at radius 2 is 1.96 bits per heavy atom. The van der Waals surface area contributed by atoms with Crippen LogP contribution < -0.4 is 5.32 Å². The first kappa shape index (κ1) is 16.7. The third-order valence-corrected chi connectivity index (χ3v) is 2.65. The quantitative estimate of drug-likeness (QED) is 0.880. The van der Waals surface area contributed by atoms with E-state index >= 15 is 0 Å². The van der Waals surface area contributed by atoms with Gasteiger partial charge in [0.1, 0.15) is 6.61 Å². The van der Waals surface area contributed by atoms with Crippen molar-refractivity contribution in [2.45, 2.75) is 12.8 Å². The Labute approximate surface area is 129 Å². The van der Waals surface area contributed by atoms with Crippen molar-refractivity contribution in [3.8, 4) is 11.4 Å². The predicted molar refractivity (Wildman–Crippen MR) is 74.8 cm³/mol. The van der Waals surface area contributed by atoms with Crippen molar-refractivity contribution in [3.63, 3.8) is 0 Å². The second-order valence-corrected chi connectivity index (χ2v) is 4.46. The van der Waals surface area contributed by atoms with E-state index in [1.165, 1.54) is 6.20 Å². The maximum atomic E-state index is 12.1. The summed E-state index contributed by atoms with van der Waals surface area (Å²) in [5, 5.41) is 10.8. The molecule has 0 fully saturated rings. The molecule has 0 saturated carbocycles. The van der Waals surface area contributed by atoms with Gasteiger partial charge in [0.05, 0.1) is 24.2 Å². The van der Waals surface area contributed by atoms with Crippen molar-refractivity contribution in [1.29, 1.82) is 0 Å². The minimum absolute atomic E-state index is 0.0190. The Morgan fingerprint density at radius 3 is 2.57 bits per heavy atom. The molecule has 1 aromatic carbocycles. The van der Waals surface area contributed by atoms with Gasteiger partial charge in [0.2, 0.25) is 0 Å². The number of alkyl halides is 3. The van der Waals surface area contributed by atoms with Crippen LogP contribution in [0.5, 0.6) is 0 Å². The van der Waals surface area contributed by atoms with Crippen LogP contribution in [0.3, 0.4) is 0 Å². The highest BCUT2D eigenvalue weighted by atomic mass is 19.4. The van der Waals surface area contributed by atoms with Gasteiger partial charge in [0, 0.05) is 5.56 Å². The Morgan fingerprint density at radius 1 is 1.26 bits per heavy atom. The van der Waals surface area contributed by atoms with Crippen molar-refractivity contribution in [3.05, 3.63) is 42.2 Å². The zero-order valence-corrected chi connectivity index (χ0v) is 11.7. The lowest BCUT2D eigenvalue weighted by Gasteiger charge is -2.11. The van der Waals surface area contributed by atoms with E-state index < -0.39 is 25.5 Å². The van der Waals surface area contributed by atoms with Gasteiger partial charge >= 0.3 is 12.3 Å². The van der Waals surface area contributed by atoms with E-state index in [-0.39, 0.29) is 17.2 Å². The second-order valence-electron chi connectivity index (χ2n) is 4.46. The summed E-state index contributed by atoms with van der Waals surface area (Å²) in [6, 6.07) is 8.74. The number of benzene rings is 1. The highest BCUT2D eigenvalue weighted by molar-refractivity contribution is 5.83. The summed E-state index contributed by atoms with van der Waals surface area (Å²) in [5.41, 5.74) is 0.635. The SMILES string of the molecule is O=C(O)Nc1cnc(-c2ccccc2)nc1COCC(F)(F)F. The van der Waals surface area contributed by atoms with Gasteiger partial charge in [-0.25, -0.2) is 14.8 Å². The normalized spacial score (nSPS) is 11.3. The largest absolute Gasteiger partial charge is 0.465 e. The maximum absolute atomic E-state index is 12.1. The number of carbonyl (C=O) groups is 1. The molecule has 23 heavy (non-hydrogen) atoms.